The number of halogens is 1. The summed E-state index contributed by atoms with van der Waals surface area (Å²) in [5, 5.41) is 0. The fourth-order valence-electron chi connectivity index (χ4n) is 2.00. The first-order valence-electron chi connectivity index (χ1n) is 6.11. The Morgan fingerprint density at radius 2 is 2.16 bits per heavy atom. The molecule has 1 aromatic carbocycles. The van der Waals surface area contributed by atoms with Crippen LogP contribution in [-0.4, -0.2) is 27.2 Å². The molecule has 0 aliphatic heterocycles. The van der Waals surface area contributed by atoms with Crippen molar-refractivity contribution in [2.75, 3.05) is 12.3 Å². The van der Waals surface area contributed by atoms with E-state index in [0.29, 0.717) is 19.4 Å². The van der Waals surface area contributed by atoms with Crippen molar-refractivity contribution < 1.29 is 17.5 Å². The van der Waals surface area contributed by atoms with Crippen molar-refractivity contribution in [3.05, 3.63) is 24.0 Å². The van der Waals surface area contributed by atoms with Crippen LogP contribution in [0.3, 0.4) is 0 Å². The van der Waals surface area contributed by atoms with Gasteiger partial charge in [-0.05, 0) is 38.0 Å². The molecule has 3 N–H and O–H groups in total. The summed E-state index contributed by atoms with van der Waals surface area (Å²) in [5.74, 6) is -0.733. The maximum Gasteiger partial charge on any atom is 0.240 e. The van der Waals surface area contributed by atoms with Gasteiger partial charge in [-0.15, -0.1) is 0 Å². The molecule has 0 unspecified atom stereocenters. The summed E-state index contributed by atoms with van der Waals surface area (Å²) in [4.78, 5) is -0.112. The molecule has 2 rings (SSSR count). The number of nitrogens with one attached hydrogen (secondary N) is 1. The van der Waals surface area contributed by atoms with Crippen LogP contribution in [0.1, 0.15) is 19.8 Å². The Balaban J connectivity index is 2.01. The molecule has 7 heteroatoms. The molecule has 106 valence electrons. The maximum absolute atomic E-state index is 13.3. The molecule has 0 amide bonds. The zero-order chi connectivity index (χ0) is 14.0. The Morgan fingerprint density at radius 3 is 2.74 bits per heavy atom. The number of ether oxygens (including phenoxy) is 1. The molecule has 1 aromatic rings. The number of anilines is 1. The van der Waals surface area contributed by atoms with Crippen LogP contribution in [0.15, 0.2) is 23.1 Å². The average molecular weight is 288 g/mol. The Kier molecular flexibility index (Phi) is 4.07. The summed E-state index contributed by atoms with van der Waals surface area (Å²) >= 11 is 0. The topological polar surface area (TPSA) is 81.4 Å². The molecule has 1 aliphatic carbocycles. The molecular formula is C12H17FN2O3S. The van der Waals surface area contributed by atoms with Crippen LogP contribution in [0.4, 0.5) is 10.1 Å². The van der Waals surface area contributed by atoms with Gasteiger partial charge in [0.2, 0.25) is 10.0 Å². The number of rotatable bonds is 5. The fourth-order valence-corrected chi connectivity index (χ4v) is 3.27. The smallest absolute Gasteiger partial charge is 0.240 e. The van der Waals surface area contributed by atoms with E-state index in [0.717, 1.165) is 6.07 Å². The largest absolute Gasteiger partial charge is 0.396 e. The van der Waals surface area contributed by atoms with E-state index in [2.05, 4.69) is 4.72 Å². The minimum Gasteiger partial charge on any atom is -0.396 e. The van der Waals surface area contributed by atoms with Gasteiger partial charge in [-0.3, -0.25) is 0 Å². The predicted octanol–water partition coefficient (Wildman–Crippen LogP) is 1.25. The molecule has 0 spiro atoms. The highest BCUT2D eigenvalue weighted by molar-refractivity contribution is 7.89. The van der Waals surface area contributed by atoms with Gasteiger partial charge in [-0.25, -0.2) is 17.5 Å². The van der Waals surface area contributed by atoms with E-state index < -0.39 is 15.8 Å². The first kappa shape index (κ1) is 14.2. The van der Waals surface area contributed by atoms with Crippen LogP contribution in [0.25, 0.3) is 0 Å². The molecular weight excluding hydrogens is 271 g/mol. The highest BCUT2D eigenvalue weighted by atomic mass is 32.2. The predicted molar refractivity (Wildman–Crippen MR) is 69.6 cm³/mol. The Hall–Kier alpha value is -1.18. The van der Waals surface area contributed by atoms with Crippen LogP contribution < -0.4 is 10.5 Å². The molecule has 0 saturated heterocycles. The van der Waals surface area contributed by atoms with Crippen molar-refractivity contribution in [3.8, 4) is 0 Å². The van der Waals surface area contributed by atoms with Gasteiger partial charge >= 0.3 is 0 Å². The summed E-state index contributed by atoms with van der Waals surface area (Å²) in [7, 11) is -3.70. The quantitative estimate of drug-likeness (QED) is 0.799. The third-order valence-electron chi connectivity index (χ3n) is 3.10. The summed E-state index contributed by atoms with van der Waals surface area (Å²) in [6.07, 6.45) is 1.40. The van der Waals surface area contributed by atoms with Gasteiger partial charge in [0, 0.05) is 12.6 Å². The number of hydrogen-bond donors (Lipinski definition) is 2. The van der Waals surface area contributed by atoms with Crippen molar-refractivity contribution >= 4 is 15.7 Å². The lowest BCUT2D eigenvalue weighted by atomic mass is 9.90. The van der Waals surface area contributed by atoms with Crippen molar-refractivity contribution in [3.63, 3.8) is 0 Å². The molecule has 0 heterocycles. The van der Waals surface area contributed by atoms with E-state index in [1.54, 1.807) is 0 Å². The van der Waals surface area contributed by atoms with E-state index in [1.165, 1.54) is 12.1 Å². The van der Waals surface area contributed by atoms with Crippen molar-refractivity contribution in [1.82, 2.24) is 4.72 Å². The lowest BCUT2D eigenvalue weighted by molar-refractivity contribution is -0.00475. The molecule has 0 bridgehead atoms. The fraction of sp³-hybridized carbons (Fsp3) is 0.500. The minimum atomic E-state index is -3.70. The van der Waals surface area contributed by atoms with Gasteiger partial charge in [0.05, 0.1) is 16.7 Å². The Bertz CT molecular complexity index is 556. The highest BCUT2D eigenvalue weighted by Gasteiger charge is 2.33. The normalized spacial score (nSPS) is 23.1. The van der Waals surface area contributed by atoms with E-state index in [9.17, 15) is 12.8 Å². The molecule has 0 aromatic heterocycles. The van der Waals surface area contributed by atoms with Crippen molar-refractivity contribution in [2.45, 2.75) is 36.8 Å². The average Bonchev–Trinajstić information content (AvgIpc) is 2.30. The Morgan fingerprint density at radius 1 is 1.47 bits per heavy atom. The second kappa shape index (κ2) is 5.44. The lowest BCUT2D eigenvalue weighted by Crippen LogP contribution is -2.47. The number of nitrogen functional groups attached to an aromatic ring is 1. The number of benzene rings is 1. The first-order valence-corrected chi connectivity index (χ1v) is 7.59. The second-order valence-corrected chi connectivity index (χ2v) is 6.26. The van der Waals surface area contributed by atoms with E-state index in [1.807, 2.05) is 6.92 Å². The molecule has 19 heavy (non-hydrogen) atoms. The van der Waals surface area contributed by atoms with Crippen LogP contribution in [0, 0.1) is 5.82 Å². The van der Waals surface area contributed by atoms with Crippen LogP contribution >= 0.6 is 0 Å². The van der Waals surface area contributed by atoms with Crippen LogP contribution in [0.2, 0.25) is 0 Å². The van der Waals surface area contributed by atoms with Gasteiger partial charge < -0.3 is 10.5 Å². The summed E-state index contributed by atoms with van der Waals surface area (Å²) in [6, 6.07) is 3.31. The standard InChI is InChI=1S/C12H17FN2O3S/c1-2-18-9-5-8(6-9)15-19(16,17)10-3-4-12(14)11(13)7-10/h3-4,7-9,15H,2,5-6,14H2,1H3. The Labute approximate surface area is 112 Å². The lowest BCUT2D eigenvalue weighted by Gasteiger charge is -2.35. The third kappa shape index (κ3) is 3.23. The monoisotopic (exact) mass is 288 g/mol. The van der Waals surface area contributed by atoms with Gasteiger partial charge in [-0.2, -0.15) is 0 Å². The van der Waals surface area contributed by atoms with Crippen LogP contribution in [-0.2, 0) is 14.8 Å². The molecule has 1 aliphatic rings. The van der Waals surface area contributed by atoms with Gasteiger partial charge in [0.1, 0.15) is 5.82 Å². The van der Waals surface area contributed by atoms with E-state index >= 15 is 0 Å². The molecule has 1 saturated carbocycles. The van der Waals surface area contributed by atoms with Crippen molar-refractivity contribution in [2.24, 2.45) is 0 Å². The van der Waals surface area contributed by atoms with Gasteiger partial charge in [-0.1, -0.05) is 0 Å². The summed E-state index contributed by atoms with van der Waals surface area (Å²) < 4.78 is 45.2. The first-order chi connectivity index (χ1) is 8.92. The number of nitrogens with two attached hydrogens (primary N) is 1. The zero-order valence-corrected chi connectivity index (χ0v) is 11.4. The number of hydrogen-bond acceptors (Lipinski definition) is 4. The zero-order valence-electron chi connectivity index (χ0n) is 10.6. The van der Waals surface area contributed by atoms with Gasteiger partial charge in [0.25, 0.3) is 0 Å². The van der Waals surface area contributed by atoms with Gasteiger partial charge in [0.15, 0.2) is 0 Å². The van der Waals surface area contributed by atoms with E-state index in [4.69, 9.17) is 10.5 Å². The second-order valence-electron chi connectivity index (χ2n) is 4.55. The molecule has 1 fully saturated rings. The van der Waals surface area contributed by atoms with E-state index in [-0.39, 0.29) is 22.7 Å². The summed E-state index contributed by atoms with van der Waals surface area (Å²) in [5.41, 5.74) is 5.24. The SMILES string of the molecule is CCOC1CC(NS(=O)(=O)c2ccc(N)c(F)c2)C1. The number of sulfonamides is 1. The third-order valence-corrected chi connectivity index (χ3v) is 4.62. The molecule has 0 radical (unpaired) electrons. The van der Waals surface area contributed by atoms with Crippen LogP contribution in [0.5, 0.6) is 0 Å². The summed E-state index contributed by atoms with van der Waals surface area (Å²) in [6.45, 7) is 2.52. The molecule has 5 nitrogen and oxygen atoms in total. The molecule has 0 atom stereocenters. The van der Waals surface area contributed by atoms with Crippen molar-refractivity contribution in [1.29, 1.82) is 0 Å². The minimum absolute atomic E-state index is 0.0704. The highest BCUT2D eigenvalue weighted by Crippen LogP contribution is 2.25. The maximum atomic E-state index is 13.3.